The van der Waals surface area contributed by atoms with Crippen LogP contribution in [-0.2, 0) is 15.9 Å². The van der Waals surface area contributed by atoms with Gasteiger partial charge in [0.1, 0.15) is 5.76 Å². The number of hydrogen-bond donors (Lipinski definition) is 1. The predicted molar refractivity (Wildman–Crippen MR) is 123 cm³/mol. The van der Waals surface area contributed by atoms with Gasteiger partial charge >= 0.3 is 0 Å². The monoisotopic (exact) mass is 505 g/mol. The van der Waals surface area contributed by atoms with E-state index in [0.29, 0.717) is 25.2 Å². The molecule has 1 aliphatic heterocycles. The number of methoxy groups -OCH3 is 1. The smallest absolute Gasteiger partial charge is 0.194 e. The van der Waals surface area contributed by atoms with Gasteiger partial charge in [0.25, 0.3) is 0 Å². The fourth-order valence-corrected chi connectivity index (χ4v) is 3.95. The molecule has 6 nitrogen and oxygen atoms in total. The lowest BCUT2D eigenvalue weighted by Crippen LogP contribution is -2.46. The minimum absolute atomic E-state index is 0. The summed E-state index contributed by atoms with van der Waals surface area (Å²) in [5, 5.41) is 3.76. The summed E-state index contributed by atoms with van der Waals surface area (Å²) in [4.78, 5) is 7.35. The molecule has 1 aromatic rings. The van der Waals surface area contributed by atoms with Crippen molar-refractivity contribution >= 4 is 29.9 Å². The highest BCUT2D eigenvalue weighted by Gasteiger charge is 2.26. The van der Waals surface area contributed by atoms with E-state index in [1.807, 2.05) is 12.1 Å². The van der Waals surface area contributed by atoms with Crippen molar-refractivity contribution in [3.8, 4) is 0 Å². The van der Waals surface area contributed by atoms with Gasteiger partial charge in [0.2, 0.25) is 0 Å². The van der Waals surface area contributed by atoms with Crippen LogP contribution in [0, 0.1) is 5.92 Å². The van der Waals surface area contributed by atoms with E-state index in [0.717, 1.165) is 50.8 Å². The van der Waals surface area contributed by atoms with Crippen LogP contribution in [0.15, 0.2) is 27.8 Å². The van der Waals surface area contributed by atoms with Crippen LogP contribution in [0.25, 0.3) is 0 Å². The molecule has 1 saturated heterocycles. The number of likely N-dealkylation sites (tertiary alicyclic amines) is 1. The summed E-state index contributed by atoms with van der Waals surface area (Å²) in [5.74, 6) is 2.65. The normalized spacial score (nSPS) is 21.0. The van der Waals surface area contributed by atoms with Gasteiger partial charge in [-0.05, 0) is 31.4 Å². The van der Waals surface area contributed by atoms with Crippen LogP contribution in [0.1, 0.15) is 44.3 Å². The number of nitrogens with one attached hydrogen (secondary N) is 1. The zero-order chi connectivity index (χ0) is 18.7. The third-order valence-electron chi connectivity index (χ3n) is 5.51. The number of ether oxygens (including phenoxy) is 2. The second-order valence-electron chi connectivity index (χ2n) is 7.68. The number of furan rings is 1. The van der Waals surface area contributed by atoms with E-state index in [-0.39, 0.29) is 24.0 Å². The van der Waals surface area contributed by atoms with Gasteiger partial charge in [-0.3, -0.25) is 4.99 Å². The average Bonchev–Trinajstić information content (AvgIpc) is 3.37. The molecule has 0 bridgehead atoms. The first-order valence-electron chi connectivity index (χ1n) is 10.5. The number of halogens is 1. The molecule has 1 aliphatic carbocycles. The first kappa shape index (κ1) is 23.5. The summed E-state index contributed by atoms with van der Waals surface area (Å²) in [6, 6.07) is 4.53. The highest BCUT2D eigenvalue weighted by molar-refractivity contribution is 14.0. The predicted octanol–water partition coefficient (Wildman–Crippen LogP) is 3.70. The average molecular weight is 505 g/mol. The Morgan fingerprint density at radius 3 is 2.86 bits per heavy atom. The quantitative estimate of drug-likeness (QED) is 0.240. The third-order valence-corrected chi connectivity index (χ3v) is 5.51. The Kier molecular flexibility index (Phi) is 11.3. The van der Waals surface area contributed by atoms with Gasteiger partial charge < -0.3 is 24.1 Å². The molecule has 0 radical (unpaired) electrons. The number of rotatable bonds is 9. The molecule has 2 heterocycles. The van der Waals surface area contributed by atoms with Crippen LogP contribution >= 0.6 is 24.0 Å². The maximum absolute atomic E-state index is 5.74. The van der Waals surface area contributed by atoms with Crippen molar-refractivity contribution in [3.63, 3.8) is 0 Å². The Hall–Kier alpha value is -0.800. The first-order chi connectivity index (χ1) is 13.3. The minimum atomic E-state index is 0. The molecule has 2 fully saturated rings. The molecule has 1 N–H and O–H groups in total. The molecule has 1 aromatic heterocycles. The van der Waals surface area contributed by atoms with Gasteiger partial charge in [-0.15, -0.1) is 24.0 Å². The van der Waals surface area contributed by atoms with E-state index in [1.165, 1.54) is 32.1 Å². The fraction of sp³-hybridized carbons (Fsp3) is 0.762. The Labute approximate surface area is 186 Å². The van der Waals surface area contributed by atoms with E-state index in [9.17, 15) is 0 Å². The Morgan fingerprint density at radius 2 is 2.11 bits per heavy atom. The summed E-state index contributed by atoms with van der Waals surface area (Å²) in [5.41, 5.74) is 0. The van der Waals surface area contributed by atoms with Crippen LogP contribution in [0.4, 0.5) is 0 Å². The summed E-state index contributed by atoms with van der Waals surface area (Å²) in [6.45, 7) is 4.98. The molecule has 28 heavy (non-hydrogen) atoms. The number of hydrogen-bond acceptors (Lipinski definition) is 4. The maximum Gasteiger partial charge on any atom is 0.194 e. The zero-order valence-corrected chi connectivity index (χ0v) is 19.4. The van der Waals surface area contributed by atoms with E-state index >= 15 is 0 Å². The van der Waals surface area contributed by atoms with Crippen LogP contribution in [0.5, 0.6) is 0 Å². The molecule has 0 aromatic carbocycles. The highest BCUT2D eigenvalue weighted by Crippen LogP contribution is 2.20. The van der Waals surface area contributed by atoms with Crippen LogP contribution in [0.3, 0.4) is 0 Å². The molecule has 0 amide bonds. The number of guanidine groups is 1. The van der Waals surface area contributed by atoms with Gasteiger partial charge in [-0.25, -0.2) is 0 Å². The second-order valence-corrected chi connectivity index (χ2v) is 7.68. The third kappa shape index (κ3) is 7.91. The molecule has 7 heteroatoms. The molecule has 0 spiro atoms. The van der Waals surface area contributed by atoms with Crippen molar-refractivity contribution in [2.45, 2.75) is 51.0 Å². The minimum Gasteiger partial charge on any atom is -0.469 e. The molecular weight excluding hydrogens is 469 g/mol. The van der Waals surface area contributed by atoms with Crippen molar-refractivity contribution in [3.05, 3.63) is 24.2 Å². The second kappa shape index (κ2) is 13.4. The Balaban J connectivity index is 0.00000280. The van der Waals surface area contributed by atoms with Gasteiger partial charge in [-0.2, -0.15) is 0 Å². The molecule has 1 saturated carbocycles. The summed E-state index contributed by atoms with van der Waals surface area (Å²) >= 11 is 0. The van der Waals surface area contributed by atoms with E-state index in [2.05, 4.69) is 10.2 Å². The lowest BCUT2D eigenvalue weighted by molar-refractivity contribution is 0.0536. The van der Waals surface area contributed by atoms with Crippen molar-refractivity contribution in [2.75, 3.05) is 46.6 Å². The van der Waals surface area contributed by atoms with Crippen LogP contribution in [-0.4, -0.2) is 63.5 Å². The molecule has 1 atom stereocenters. The molecule has 3 rings (SSSR count). The number of aliphatic imine (C=N–C) groups is 1. The molecule has 1 unspecified atom stereocenters. The van der Waals surface area contributed by atoms with Gasteiger partial charge in [0, 0.05) is 45.1 Å². The van der Waals surface area contributed by atoms with Crippen molar-refractivity contribution in [1.29, 1.82) is 0 Å². The van der Waals surface area contributed by atoms with Gasteiger partial charge in [0.05, 0.1) is 26.1 Å². The zero-order valence-electron chi connectivity index (χ0n) is 17.1. The molecule has 2 aliphatic rings. The fourth-order valence-electron chi connectivity index (χ4n) is 3.95. The maximum atomic E-state index is 5.74. The summed E-state index contributed by atoms with van der Waals surface area (Å²) in [6.07, 6.45) is 10.3. The number of nitrogens with zero attached hydrogens (tertiary/aromatic N) is 2. The summed E-state index contributed by atoms with van der Waals surface area (Å²) in [7, 11) is 1.71. The van der Waals surface area contributed by atoms with Crippen molar-refractivity contribution < 1.29 is 13.9 Å². The van der Waals surface area contributed by atoms with Crippen LogP contribution in [0.2, 0.25) is 0 Å². The lowest BCUT2D eigenvalue weighted by Gasteiger charge is -2.29. The standard InChI is InChI=1S/C21H35N3O3.HI/c1-25-14-15-26-17-18-10-12-24(16-18)21(23-19-6-3-2-4-7-19)22-11-9-20-8-5-13-27-20;/h5,8,13,18-19H,2-4,6-7,9-12,14-17H2,1H3,(H,22,23);1H. The Bertz CT molecular complexity index is 547. The van der Waals surface area contributed by atoms with E-state index < -0.39 is 0 Å². The highest BCUT2D eigenvalue weighted by atomic mass is 127. The first-order valence-corrected chi connectivity index (χ1v) is 10.5. The summed E-state index contributed by atoms with van der Waals surface area (Å²) < 4.78 is 16.2. The van der Waals surface area contributed by atoms with E-state index in [4.69, 9.17) is 18.9 Å². The van der Waals surface area contributed by atoms with E-state index in [1.54, 1.807) is 13.4 Å². The SMILES string of the molecule is COCCOCC1CCN(C(=NCCc2ccco2)NC2CCCCC2)C1.I. The van der Waals surface area contributed by atoms with Gasteiger partial charge in [0.15, 0.2) is 5.96 Å². The van der Waals surface area contributed by atoms with Gasteiger partial charge in [-0.1, -0.05) is 19.3 Å². The Morgan fingerprint density at radius 1 is 1.25 bits per heavy atom. The largest absolute Gasteiger partial charge is 0.469 e. The molecule has 160 valence electrons. The van der Waals surface area contributed by atoms with Crippen LogP contribution < -0.4 is 5.32 Å². The lowest BCUT2D eigenvalue weighted by atomic mass is 9.96. The van der Waals surface area contributed by atoms with Crippen molar-refractivity contribution in [1.82, 2.24) is 10.2 Å². The topological polar surface area (TPSA) is 59.2 Å². The molecular formula is C21H36IN3O3. The van der Waals surface area contributed by atoms with Crippen molar-refractivity contribution in [2.24, 2.45) is 10.9 Å².